The summed E-state index contributed by atoms with van der Waals surface area (Å²) in [7, 11) is 0. The van der Waals surface area contributed by atoms with Gasteiger partial charge in [-0.15, -0.1) is 0 Å². The first-order valence-electron chi connectivity index (χ1n) is 12.0. The van der Waals surface area contributed by atoms with Crippen molar-refractivity contribution in [3.63, 3.8) is 0 Å². The quantitative estimate of drug-likeness (QED) is 0.814. The Hall–Kier alpha value is -2.17. The predicted octanol–water partition coefficient (Wildman–Crippen LogP) is 4.16. The Balaban J connectivity index is 1.17. The molecule has 0 atom stereocenters. The van der Waals surface area contributed by atoms with Gasteiger partial charge in [0.05, 0.1) is 12.2 Å². The topological polar surface area (TPSA) is 59.8 Å². The van der Waals surface area contributed by atoms with E-state index in [4.69, 9.17) is 5.10 Å². The fourth-order valence-electron chi connectivity index (χ4n) is 7.42. The molecule has 1 N–H and O–H groups in total. The van der Waals surface area contributed by atoms with Gasteiger partial charge in [-0.3, -0.25) is 14.5 Å². The van der Waals surface area contributed by atoms with Crippen LogP contribution < -0.4 is 5.32 Å². The summed E-state index contributed by atoms with van der Waals surface area (Å²) in [5.41, 5.74) is 4.67. The molecule has 5 nitrogen and oxygen atoms in total. The van der Waals surface area contributed by atoms with Crippen LogP contribution >= 0.6 is 0 Å². The lowest BCUT2D eigenvalue weighted by molar-refractivity contribution is -0.146. The van der Waals surface area contributed by atoms with Gasteiger partial charge in [-0.25, -0.2) is 0 Å². The van der Waals surface area contributed by atoms with Crippen molar-refractivity contribution in [3.05, 3.63) is 35.7 Å². The predicted molar refractivity (Wildman–Crippen MR) is 116 cm³/mol. The molecule has 0 aromatic carbocycles. The summed E-state index contributed by atoms with van der Waals surface area (Å²) in [6.45, 7) is 1.43. The van der Waals surface area contributed by atoms with Crippen molar-refractivity contribution in [2.75, 3.05) is 6.54 Å². The maximum Gasteiger partial charge on any atom is 0.226 e. The minimum Gasteiger partial charge on any atom is -0.354 e. The van der Waals surface area contributed by atoms with Gasteiger partial charge < -0.3 is 5.32 Å². The van der Waals surface area contributed by atoms with Crippen LogP contribution in [-0.4, -0.2) is 27.2 Å². The number of carbonyl (C=O) groups excluding carboxylic acids is 1. The SMILES string of the molecule is O=C(NCCn1nc(-c2ccccn2)c2c1CCCC2)C12CC3CC(CC(C3)C1)C2. The average molecular weight is 405 g/mol. The van der Waals surface area contributed by atoms with Crippen LogP contribution in [0.4, 0.5) is 0 Å². The van der Waals surface area contributed by atoms with E-state index in [1.54, 1.807) is 0 Å². The van der Waals surface area contributed by atoms with E-state index < -0.39 is 0 Å². The Bertz CT molecular complexity index is 912. The number of nitrogens with zero attached hydrogens (tertiary/aromatic N) is 3. The molecule has 0 aliphatic heterocycles. The molecule has 5 aliphatic rings. The molecule has 2 heterocycles. The van der Waals surface area contributed by atoms with Gasteiger partial charge in [0.25, 0.3) is 0 Å². The Morgan fingerprint density at radius 2 is 1.80 bits per heavy atom. The van der Waals surface area contributed by atoms with E-state index in [2.05, 4.69) is 21.0 Å². The summed E-state index contributed by atoms with van der Waals surface area (Å²) in [5, 5.41) is 8.28. The summed E-state index contributed by atoms with van der Waals surface area (Å²) >= 11 is 0. The zero-order chi connectivity index (χ0) is 20.1. The molecule has 5 heteroatoms. The fraction of sp³-hybridized carbons (Fsp3) is 0.640. The lowest BCUT2D eigenvalue weighted by Crippen LogP contribution is -2.53. The van der Waals surface area contributed by atoms with Gasteiger partial charge in [-0.2, -0.15) is 5.10 Å². The summed E-state index contributed by atoms with van der Waals surface area (Å²) in [6.07, 6.45) is 14.0. The summed E-state index contributed by atoms with van der Waals surface area (Å²) in [4.78, 5) is 17.8. The fourth-order valence-corrected chi connectivity index (χ4v) is 7.42. The molecule has 0 spiro atoms. The van der Waals surface area contributed by atoms with E-state index in [-0.39, 0.29) is 5.41 Å². The number of carbonyl (C=O) groups is 1. The first kappa shape index (κ1) is 18.6. The van der Waals surface area contributed by atoms with Crippen LogP contribution in [0.2, 0.25) is 0 Å². The number of hydrogen-bond donors (Lipinski definition) is 1. The molecule has 4 saturated carbocycles. The van der Waals surface area contributed by atoms with E-state index in [0.717, 1.165) is 67.8 Å². The maximum atomic E-state index is 13.3. The smallest absolute Gasteiger partial charge is 0.226 e. The summed E-state index contributed by atoms with van der Waals surface area (Å²) in [6, 6.07) is 6.03. The van der Waals surface area contributed by atoms with Crippen LogP contribution in [0.15, 0.2) is 24.4 Å². The molecule has 1 amide bonds. The molecule has 5 aliphatic carbocycles. The van der Waals surface area contributed by atoms with Crippen LogP contribution in [0.25, 0.3) is 11.4 Å². The van der Waals surface area contributed by atoms with Gasteiger partial charge in [0.2, 0.25) is 5.91 Å². The molecule has 4 bridgehead atoms. The third-order valence-corrected chi connectivity index (χ3v) is 8.29. The molecule has 7 rings (SSSR count). The van der Waals surface area contributed by atoms with Gasteiger partial charge in [-0.1, -0.05) is 6.07 Å². The van der Waals surface area contributed by atoms with E-state index in [0.29, 0.717) is 12.5 Å². The molecule has 0 saturated heterocycles. The van der Waals surface area contributed by atoms with Crippen molar-refractivity contribution in [2.24, 2.45) is 23.2 Å². The highest BCUT2D eigenvalue weighted by Gasteiger charge is 2.54. The van der Waals surface area contributed by atoms with Crippen LogP contribution in [0.5, 0.6) is 0 Å². The lowest BCUT2D eigenvalue weighted by Gasteiger charge is -2.55. The van der Waals surface area contributed by atoms with Crippen molar-refractivity contribution < 1.29 is 4.79 Å². The number of pyridine rings is 1. The van der Waals surface area contributed by atoms with Crippen molar-refractivity contribution in [3.8, 4) is 11.4 Å². The summed E-state index contributed by atoms with van der Waals surface area (Å²) in [5.74, 6) is 2.75. The van der Waals surface area contributed by atoms with Gasteiger partial charge >= 0.3 is 0 Å². The Labute approximate surface area is 178 Å². The number of fused-ring (bicyclic) bond motifs is 1. The highest BCUT2D eigenvalue weighted by molar-refractivity contribution is 5.83. The largest absolute Gasteiger partial charge is 0.354 e. The second kappa shape index (κ2) is 7.21. The molecule has 4 fully saturated rings. The minimum absolute atomic E-state index is 0.0581. The number of aromatic nitrogens is 3. The normalized spacial score (nSPS) is 31.5. The molecule has 2 aromatic rings. The molecule has 158 valence electrons. The Morgan fingerprint density at radius 3 is 2.50 bits per heavy atom. The number of rotatable bonds is 5. The van der Waals surface area contributed by atoms with E-state index in [1.165, 1.54) is 43.4 Å². The van der Waals surface area contributed by atoms with Gasteiger partial charge in [0, 0.05) is 29.4 Å². The molecule has 0 radical (unpaired) electrons. The van der Waals surface area contributed by atoms with Crippen molar-refractivity contribution >= 4 is 5.91 Å². The molecule has 30 heavy (non-hydrogen) atoms. The number of nitrogens with one attached hydrogen (secondary N) is 1. The maximum absolute atomic E-state index is 13.3. The highest BCUT2D eigenvalue weighted by Crippen LogP contribution is 2.60. The standard InChI is InChI=1S/C25H32N4O/c30-24(25-14-17-11-18(15-25)13-19(12-17)16-25)27-9-10-29-22-7-2-1-5-20(22)23(28-29)21-6-3-4-8-26-21/h3-4,6,8,17-19H,1-2,5,7,9-16H2,(H,27,30). The zero-order valence-electron chi connectivity index (χ0n) is 17.8. The first-order chi connectivity index (χ1) is 14.7. The summed E-state index contributed by atoms with van der Waals surface area (Å²) < 4.78 is 2.15. The average Bonchev–Trinajstić information content (AvgIpc) is 3.12. The third-order valence-electron chi connectivity index (χ3n) is 8.29. The van der Waals surface area contributed by atoms with E-state index in [9.17, 15) is 4.79 Å². The third kappa shape index (κ3) is 3.09. The lowest BCUT2D eigenvalue weighted by atomic mass is 9.49. The monoisotopic (exact) mass is 404 g/mol. The van der Waals surface area contributed by atoms with Gasteiger partial charge in [0.15, 0.2) is 0 Å². The van der Waals surface area contributed by atoms with Crippen molar-refractivity contribution in [1.82, 2.24) is 20.1 Å². The second-order valence-electron chi connectivity index (χ2n) is 10.4. The van der Waals surface area contributed by atoms with Crippen LogP contribution in [0.1, 0.15) is 62.6 Å². The van der Waals surface area contributed by atoms with E-state index >= 15 is 0 Å². The minimum atomic E-state index is -0.0581. The van der Waals surface area contributed by atoms with Crippen LogP contribution in [-0.2, 0) is 24.2 Å². The molecule has 0 unspecified atom stereocenters. The molecular formula is C25H32N4O. The zero-order valence-corrected chi connectivity index (χ0v) is 17.8. The van der Waals surface area contributed by atoms with Crippen LogP contribution in [0, 0.1) is 23.2 Å². The van der Waals surface area contributed by atoms with Gasteiger partial charge in [0.1, 0.15) is 5.69 Å². The van der Waals surface area contributed by atoms with E-state index in [1.807, 2.05) is 18.3 Å². The van der Waals surface area contributed by atoms with Gasteiger partial charge in [-0.05, 0) is 94.1 Å². The second-order valence-corrected chi connectivity index (χ2v) is 10.4. The highest BCUT2D eigenvalue weighted by atomic mass is 16.2. The Kier molecular flexibility index (Phi) is 4.47. The Morgan fingerprint density at radius 1 is 1.07 bits per heavy atom. The van der Waals surface area contributed by atoms with Crippen molar-refractivity contribution in [1.29, 1.82) is 0 Å². The first-order valence-corrected chi connectivity index (χ1v) is 12.0. The molecular weight excluding hydrogens is 372 g/mol. The number of hydrogen-bond acceptors (Lipinski definition) is 3. The molecule has 2 aromatic heterocycles. The van der Waals surface area contributed by atoms with Crippen LogP contribution in [0.3, 0.4) is 0 Å². The van der Waals surface area contributed by atoms with Crippen molar-refractivity contribution in [2.45, 2.75) is 70.8 Å². The number of amides is 1.